The van der Waals surface area contributed by atoms with Crippen molar-refractivity contribution in [3.63, 3.8) is 0 Å². The van der Waals surface area contributed by atoms with E-state index >= 15 is 0 Å². The van der Waals surface area contributed by atoms with Gasteiger partial charge in [-0.25, -0.2) is 12.8 Å². The summed E-state index contributed by atoms with van der Waals surface area (Å²) >= 11 is 5.81. The smallest absolute Gasteiger partial charge is 0.244 e. The first kappa shape index (κ1) is 25.5. The molecule has 1 aliphatic heterocycles. The molecule has 11 heteroatoms. The Balaban J connectivity index is 0.000000303. The number of nitrogens with zero attached hydrogens (tertiary/aromatic N) is 3. The fraction of sp³-hybridized carbons (Fsp3) is 0.333. The van der Waals surface area contributed by atoms with Gasteiger partial charge in [0.2, 0.25) is 10.0 Å². The van der Waals surface area contributed by atoms with Crippen LogP contribution < -0.4 is 5.32 Å². The topological polar surface area (TPSA) is 137 Å². The molecule has 1 atom stereocenters. The number of hydrogen-bond donors (Lipinski definition) is 3. The summed E-state index contributed by atoms with van der Waals surface area (Å²) in [6.07, 6.45) is 0.757. The molecular weight excluding hydrogens is 459 g/mol. The van der Waals surface area contributed by atoms with Crippen molar-refractivity contribution in [2.45, 2.75) is 11.3 Å². The predicted octanol–water partition coefficient (Wildman–Crippen LogP) is 2.21. The van der Waals surface area contributed by atoms with Crippen LogP contribution in [0.5, 0.6) is 5.75 Å². The second-order valence-electron chi connectivity index (χ2n) is 6.97. The average Bonchev–Trinajstić information content (AvgIpc) is 3.24. The summed E-state index contributed by atoms with van der Waals surface area (Å²) in [5.74, 6) is -0.654. The highest BCUT2D eigenvalue weighted by molar-refractivity contribution is 7.89. The molecule has 1 aliphatic rings. The summed E-state index contributed by atoms with van der Waals surface area (Å²) in [6.45, 7) is 2.07. The van der Waals surface area contributed by atoms with Gasteiger partial charge in [0.25, 0.3) is 0 Å². The lowest BCUT2D eigenvalue weighted by Crippen LogP contribution is -2.32. The number of benzene rings is 2. The fourth-order valence-electron chi connectivity index (χ4n) is 3.12. The molecule has 1 unspecified atom stereocenters. The first-order chi connectivity index (χ1) is 15.2. The zero-order valence-corrected chi connectivity index (χ0v) is 18.6. The van der Waals surface area contributed by atoms with Crippen LogP contribution in [0.4, 0.5) is 4.39 Å². The van der Waals surface area contributed by atoms with Gasteiger partial charge in [-0.05, 0) is 49.2 Å². The van der Waals surface area contributed by atoms with Crippen LogP contribution >= 0.6 is 11.6 Å². The van der Waals surface area contributed by atoms with Crippen molar-refractivity contribution in [2.24, 2.45) is 5.92 Å². The van der Waals surface area contributed by atoms with Gasteiger partial charge in [-0.1, -0.05) is 11.6 Å². The number of aromatic hydroxyl groups is 1. The molecule has 1 saturated heterocycles. The Hall–Kier alpha value is -2.73. The van der Waals surface area contributed by atoms with Crippen molar-refractivity contribution in [3.8, 4) is 17.9 Å². The molecule has 2 aromatic carbocycles. The van der Waals surface area contributed by atoms with Gasteiger partial charge < -0.3 is 15.5 Å². The van der Waals surface area contributed by atoms with Gasteiger partial charge in [0.15, 0.2) is 0 Å². The van der Waals surface area contributed by atoms with Crippen LogP contribution in [0.15, 0.2) is 41.3 Å². The van der Waals surface area contributed by atoms with E-state index in [1.54, 1.807) is 6.07 Å². The Morgan fingerprint density at radius 3 is 2.53 bits per heavy atom. The molecule has 0 aromatic heterocycles. The van der Waals surface area contributed by atoms with E-state index in [1.165, 1.54) is 34.6 Å². The summed E-state index contributed by atoms with van der Waals surface area (Å²) in [6, 6.07) is 11.1. The fourth-order valence-corrected chi connectivity index (χ4v) is 4.94. The lowest BCUT2D eigenvalue weighted by Gasteiger charge is -2.17. The molecule has 32 heavy (non-hydrogen) atoms. The van der Waals surface area contributed by atoms with E-state index in [9.17, 15) is 12.8 Å². The average molecular weight is 481 g/mol. The second-order valence-corrected chi connectivity index (χ2v) is 9.32. The number of sulfonamides is 1. The zero-order valence-electron chi connectivity index (χ0n) is 17.0. The number of nitriles is 2. The number of halogens is 2. The summed E-state index contributed by atoms with van der Waals surface area (Å²) in [4.78, 5) is 0.00312. The SMILES string of the molecule is N#Cc1cc(Cl)ccc1S(=O)(=O)N1CCC(CNCCO)C1.N#Cc1ccc(O)cc1F. The summed E-state index contributed by atoms with van der Waals surface area (Å²) in [5.41, 5.74) is 0.00663. The first-order valence-corrected chi connectivity index (χ1v) is 11.4. The molecule has 0 spiro atoms. The molecule has 8 nitrogen and oxygen atoms in total. The Kier molecular flexibility index (Phi) is 9.39. The lowest BCUT2D eigenvalue weighted by molar-refractivity contribution is 0.288. The van der Waals surface area contributed by atoms with Crippen LogP contribution in [-0.4, -0.2) is 55.7 Å². The molecule has 2 aromatic rings. The number of phenols is 1. The van der Waals surface area contributed by atoms with Crippen LogP contribution in [0.1, 0.15) is 17.5 Å². The van der Waals surface area contributed by atoms with Crippen molar-refractivity contribution < 1.29 is 23.0 Å². The van der Waals surface area contributed by atoms with E-state index in [-0.39, 0.29) is 34.3 Å². The Morgan fingerprint density at radius 2 is 1.91 bits per heavy atom. The summed E-state index contributed by atoms with van der Waals surface area (Å²) < 4.78 is 39.2. The van der Waals surface area contributed by atoms with Gasteiger partial charge in [0.1, 0.15) is 28.6 Å². The van der Waals surface area contributed by atoms with Crippen LogP contribution in [-0.2, 0) is 10.0 Å². The largest absolute Gasteiger partial charge is 0.508 e. The van der Waals surface area contributed by atoms with E-state index in [0.717, 1.165) is 12.5 Å². The van der Waals surface area contributed by atoms with E-state index < -0.39 is 15.8 Å². The number of aliphatic hydroxyl groups excluding tert-OH is 1. The quantitative estimate of drug-likeness (QED) is 0.539. The van der Waals surface area contributed by atoms with E-state index in [1.807, 2.05) is 6.07 Å². The van der Waals surface area contributed by atoms with Gasteiger partial charge in [0, 0.05) is 30.7 Å². The van der Waals surface area contributed by atoms with Crippen LogP contribution in [0.3, 0.4) is 0 Å². The number of nitrogens with one attached hydrogen (secondary N) is 1. The van der Waals surface area contributed by atoms with Crippen molar-refractivity contribution in [1.29, 1.82) is 10.5 Å². The molecule has 0 amide bonds. The Bertz CT molecular complexity index is 1130. The normalized spacial score (nSPS) is 16.0. The first-order valence-electron chi connectivity index (χ1n) is 9.63. The highest BCUT2D eigenvalue weighted by Crippen LogP contribution is 2.27. The maximum Gasteiger partial charge on any atom is 0.244 e. The van der Waals surface area contributed by atoms with Gasteiger partial charge in [-0.15, -0.1) is 0 Å². The maximum atomic E-state index is 12.7. The lowest BCUT2D eigenvalue weighted by atomic mass is 10.1. The van der Waals surface area contributed by atoms with Crippen LogP contribution in [0, 0.1) is 34.4 Å². The summed E-state index contributed by atoms with van der Waals surface area (Å²) in [7, 11) is -3.69. The molecule has 0 saturated carbocycles. The molecule has 0 bridgehead atoms. The van der Waals surface area contributed by atoms with Crippen molar-refractivity contribution >= 4 is 21.6 Å². The Labute approximate surface area is 191 Å². The monoisotopic (exact) mass is 480 g/mol. The third kappa shape index (κ3) is 6.63. The minimum atomic E-state index is -3.69. The van der Waals surface area contributed by atoms with Crippen LogP contribution in [0.25, 0.3) is 0 Å². The second kappa shape index (κ2) is 11.8. The van der Waals surface area contributed by atoms with Gasteiger partial charge >= 0.3 is 0 Å². The number of hydrogen-bond acceptors (Lipinski definition) is 7. The van der Waals surface area contributed by atoms with E-state index in [2.05, 4.69) is 5.32 Å². The standard InChI is InChI=1S/C14H18ClN3O3S.C7H4FNO/c15-13-1-2-14(12(7-13)8-16)22(20,21)18-5-3-11(10-18)9-17-4-6-19;8-7-3-6(10)2-1-5(7)4-9/h1-2,7,11,17,19H,3-6,9-10H2;1-3,10H. The number of aliphatic hydroxyl groups is 1. The molecule has 3 N–H and O–H groups in total. The summed E-state index contributed by atoms with van der Waals surface area (Å²) in [5, 5.41) is 38.2. The van der Waals surface area contributed by atoms with Gasteiger partial charge in [0.05, 0.1) is 17.7 Å². The Morgan fingerprint density at radius 1 is 1.19 bits per heavy atom. The van der Waals surface area contributed by atoms with E-state index in [4.69, 9.17) is 32.3 Å². The van der Waals surface area contributed by atoms with Crippen molar-refractivity contribution in [1.82, 2.24) is 9.62 Å². The predicted molar refractivity (Wildman–Crippen MR) is 116 cm³/mol. The molecule has 3 rings (SSSR count). The van der Waals surface area contributed by atoms with Crippen molar-refractivity contribution in [2.75, 3.05) is 32.8 Å². The number of rotatable bonds is 6. The van der Waals surface area contributed by atoms with Gasteiger partial charge in [-0.3, -0.25) is 0 Å². The molecule has 1 fully saturated rings. The third-order valence-electron chi connectivity index (χ3n) is 4.72. The molecule has 170 valence electrons. The third-order valence-corrected chi connectivity index (χ3v) is 6.88. The molecule has 0 radical (unpaired) electrons. The minimum Gasteiger partial charge on any atom is -0.508 e. The highest BCUT2D eigenvalue weighted by Gasteiger charge is 2.33. The van der Waals surface area contributed by atoms with Gasteiger partial charge in [-0.2, -0.15) is 14.8 Å². The minimum absolute atomic E-state index is 0.00312. The highest BCUT2D eigenvalue weighted by atomic mass is 35.5. The molecule has 1 heterocycles. The van der Waals surface area contributed by atoms with E-state index in [0.29, 0.717) is 31.2 Å². The molecule has 0 aliphatic carbocycles. The maximum absolute atomic E-state index is 12.7. The number of phenolic OH excluding ortho intramolecular Hbond substituents is 1. The molecular formula is C21H22ClFN4O4S. The van der Waals surface area contributed by atoms with Crippen LogP contribution in [0.2, 0.25) is 5.02 Å². The van der Waals surface area contributed by atoms with Crippen molar-refractivity contribution in [3.05, 3.63) is 58.4 Å². The zero-order chi connectivity index (χ0) is 23.7.